The minimum absolute atomic E-state index is 0.105. The largest absolute Gasteiger partial charge is 0.423 e. The van der Waals surface area contributed by atoms with Crippen LogP contribution in [0.2, 0.25) is 0 Å². The summed E-state index contributed by atoms with van der Waals surface area (Å²) in [7, 11) is 0. The van der Waals surface area contributed by atoms with Crippen LogP contribution in [0.3, 0.4) is 0 Å². The number of nitro groups is 1. The minimum atomic E-state index is -0.625. The number of hydrazone groups is 1. The number of esters is 1. The van der Waals surface area contributed by atoms with Crippen LogP contribution in [0.15, 0.2) is 77.9 Å². The summed E-state index contributed by atoms with van der Waals surface area (Å²) in [6.07, 6.45) is 1.71. The number of rotatable bonds is 7. The number of ether oxygens (including phenoxy) is 1. The number of hydrogen-bond acceptors (Lipinski definition) is 6. The van der Waals surface area contributed by atoms with Crippen molar-refractivity contribution in [3.8, 4) is 5.75 Å². The average Bonchev–Trinajstić information content (AvgIpc) is 2.76. The molecule has 8 heteroatoms. The average molecular weight is 417 g/mol. The van der Waals surface area contributed by atoms with Crippen LogP contribution in [-0.4, -0.2) is 23.0 Å². The zero-order valence-corrected chi connectivity index (χ0v) is 16.6. The number of nitrogens with one attached hydrogen (secondary N) is 1. The molecule has 0 bridgehead atoms. The third-order valence-electron chi connectivity index (χ3n) is 4.29. The van der Waals surface area contributed by atoms with Gasteiger partial charge in [-0.15, -0.1) is 0 Å². The predicted octanol–water partition coefficient (Wildman–Crippen LogP) is 3.82. The second-order valence-electron chi connectivity index (χ2n) is 6.72. The van der Waals surface area contributed by atoms with Crippen molar-refractivity contribution in [1.82, 2.24) is 5.43 Å². The Kier molecular flexibility index (Phi) is 6.85. The Morgan fingerprint density at radius 1 is 1.00 bits per heavy atom. The summed E-state index contributed by atoms with van der Waals surface area (Å²) in [6, 6.07) is 19.3. The first-order valence-corrected chi connectivity index (χ1v) is 9.35. The number of carbonyl (C=O) groups is 2. The predicted molar refractivity (Wildman–Crippen MR) is 115 cm³/mol. The van der Waals surface area contributed by atoms with Crippen molar-refractivity contribution in [2.75, 3.05) is 0 Å². The molecule has 31 heavy (non-hydrogen) atoms. The summed E-state index contributed by atoms with van der Waals surface area (Å²) in [5.74, 6) is -0.544. The molecule has 1 amide bonds. The molecule has 1 N–H and O–H groups in total. The lowest BCUT2D eigenvalue weighted by Gasteiger charge is -2.04. The van der Waals surface area contributed by atoms with E-state index in [1.807, 2.05) is 31.2 Å². The highest BCUT2D eigenvalue weighted by Crippen LogP contribution is 2.16. The van der Waals surface area contributed by atoms with Crippen LogP contribution in [0.1, 0.15) is 27.0 Å². The van der Waals surface area contributed by atoms with Crippen LogP contribution in [0.5, 0.6) is 5.75 Å². The number of non-ortho nitro benzene ring substituents is 1. The van der Waals surface area contributed by atoms with E-state index in [-0.39, 0.29) is 23.6 Å². The standard InChI is InChI=1S/C23H19N3O5/c1-16-2-4-17(5-3-16)14-22(27)25-24-15-18-6-12-21(13-7-18)31-23(28)19-8-10-20(11-9-19)26(29)30/h2-13,15H,14H2,1H3,(H,25,27)/b24-15+. The van der Waals surface area contributed by atoms with Crippen molar-refractivity contribution in [2.45, 2.75) is 13.3 Å². The highest BCUT2D eigenvalue weighted by atomic mass is 16.6. The fourth-order valence-electron chi connectivity index (χ4n) is 2.62. The van der Waals surface area contributed by atoms with E-state index in [1.54, 1.807) is 24.3 Å². The van der Waals surface area contributed by atoms with Crippen LogP contribution in [0, 0.1) is 17.0 Å². The van der Waals surface area contributed by atoms with Crippen molar-refractivity contribution in [3.05, 3.63) is 105 Å². The van der Waals surface area contributed by atoms with Gasteiger partial charge < -0.3 is 4.74 Å². The molecule has 0 atom stereocenters. The van der Waals surface area contributed by atoms with Crippen LogP contribution in [0.25, 0.3) is 0 Å². The van der Waals surface area contributed by atoms with Gasteiger partial charge >= 0.3 is 5.97 Å². The molecule has 0 saturated carbocycles. The fraction of sp³-hybridized carbons (Fsp3) is 0.0870. The lowest BCUT2D eigenvalue weighted by molar-refractivity contribution is -0.384. The summed E-state index contributed by atoms with van der Waals surface area (Å²) >= 11 is 0. The first-order chi connectivity index (χ1) is 14.9. The van der Waals surface area contributed by atoms with Gasteiger partial charge in [0, 0.05) is 12.1 Å². The quantitative estimate of drug-likeness (QED) is 0.207. The van der Waals surface area contributed by atoms with Gasteiger partial charge in [0.25, 0.3) is 5.69 Å². The number of amides is 1. The molecular weight excluding hydrogens is 398 g/mol. The van der Waals surface area contributed by atoms with Gasteiger partial charge in [-0.05, 0) is 54.4 Å². The van der Waals surface area contributed by atoms with E-state index in [0.717, 1.165) is 11.1 Å². The highest BCUT2D eigenvalue weighted by molar-refractivity contribution is 5.91. The second kappa shape index (κ2) is 9.93. The van der Waals surface area contributed by atoms with Gasteiger partial charge in [-0.25, -0.2) is 10.2 Å². The number of nitro benzene ring substituents is 1. The molecular formula is C23H19N3O5. The van der Waals surface area contributed by atoms with Gasteiger partial charge in [0.2, 0.25) is 5.91 Å². The Labute approximate surface area is 178 Å². The zero-order valence-electron chi connectivity index (χ0n) is 16.6. The topological polar surface area (TPSA) is 111 Å². The summed E-state index contributed by atoms with van der Waals surface area (Å²) in [5.41, 5.74) is 5.30. The van der Waals surface area contributed by atoms with E-state index < -0.39 is 10.9 Å². The maximum Gasteiger partial charge on any atom is 0.343 e. The molecule has 156 valence electrons. The summed E-state index contributed by atoms with van der Waals surface area (Å²) in [4.78, 5) is 34.2. The maximum absolute atomic E-state index is 12.1. The molecule has 0 unspecified atom stereocenters. The molecule has 0 aliphatic heterocycles. The van der Waals surface area contributed by atoms with E-state index in [2.05, 4.69) is 10.5 Å². The van der Waals surface area contributed by atoms with Crippen LogP contribution in [-0.2, 0) is 11.2 Å². The maximum atomic E-state index is 12.1. The molecule has 0 aliphatic carbocycles. The van der Waals surface area contributed by atoms with Crippen molar-refractivity contribution in [2.24, 2.45) is 5.10 Å². The van der Waals surface area contributed by atoms with Crippen LogP contribution < -0.4 is 10.2 Å². The molecule has 0 aliphatic rings. The number of benzene rings is 3. The van der Waals surface area contributed by atoms with Gasteiger partial charge in [-0.2, -0.15) is 5.10 Å². The molecule has 8 nitrogen and oxygen atoms in total. The smallest absolute Gasteiger partial charge is 0.343 e. The molecule has 3 aromatic rings. The summed E-state index contributed by atoms with van der Waals surface area (Å²) in [6.45, 7) is 1.98. The van der Waals surface area contributed by atoms with Crippen molar-refractivity contribution >= 4 is 23.8 Å². The third-order valence-corrected chi connectivity index (χ3v) is 4.29. The lowest BCUT2D eigenvalue weighted by atomic mass is 10.1. The SMILES string of the molecule is Cc1ccc(CC(=O)N/N=C/c2ccc(OC(=O)c3ccc([N+](=O)[O-])cc3)cc2)cc1. The third kappa shape index (κ3) is 6.33. The minimum Gasteiger partial charge on any atom is -0.423 e. The van der Waals surface area contributed by atoms with E-state index in [0.29, 0.717) is 11.3 Å². The van der Waals surface area contributed by atoms with Gasteiger partial charge in [0.1, 0.15) is 5.75 Å². The van der Waals surface area contributed by atoms with Gasteiger partial charge in [-0.3, -0.25) is 14.9 Å². The first-order valence-electron chi connectivity index (χ1n) is 9.35. The monoisotopic (exact) mass is 417 g/mol. The van der Waals surface area contributed by atoms with Crippen molar-refractivity contribution < 1.29 is 19.2 Å². The molecule has 0 aromatic heterocycles. The summed E-state index contributed by atoms with van der Waals surface area (Å²) < 4.78 is 5.25. The zero-order chi connectivity index (χ0) is 22.2. The Morgan fingerprint density at radius 2 is 1.65 bits per heavy atom. The molecule has 3 aromatic carbocycles. The Hall–Kier alpha value is -4.33. The molecule has 0 saturated heterocycles. The number of carbonyl (C=O) groups excluding carboxylic acids is 2. The fourth-order valence-corrected chi connectivity index (χ4v) is 2.62. The number of aryl methyl sites for hydroxylation is 1. The molecule has 0 spiro atoms. The van der Waals surface area contributed by atoms with Crippen LogP contribution in [0.4, 0.5) is 5.69 Å². The molecule has 0 radical (unpaired) electrons. The van der Waals surface area contributed by atoms with E-state index in [9.17, 15) is 19.7 Å². The lowest BCUT2D eigenvalue weighted by Crippen LogP contribution is -2.19. The summed E-state index contributed by atoms with van der Waals surface area (Å²) in [5, 5.41) is 14.6. The van der Waals surface area contributed by atoms with Crippen molar-refractivity contribution in [1.29, 1.82) is 0 Å². The number of hydrogen-bond donors (Lipinski definition) is 1. The Balaban J connectivity index is 1.51. The van der Waals surface area contributed by atoms with E-state index >= 15 is 0 Å². The number of nitrogens with zero attached hydrogens (tertiary/aromatic N) is 2. The van der Waals surface area contributed by atoms with Gasteiger partial charge in [0.05, 0.1) is 23.1 Å². The van der Waals surface area contributed by atoms with E-state index in [4.69, 9.17) is 4.74 Å². The normalized spacial score (nSPS) is 10.6. The molecule has 0 fully saturated rings. The van der Waals surface area contributed by atoms with Crippen molar-refractivity contribution in [3.63, 3.8) is 0 Å². The molecule has 3 rings (SSSR count). The highest BCUT2D eigenvalue weighted by Gasteiger charge is 2.11. The van der Waals surface area contributed by atoms with Gasteiger partial charge in [0.15, 0.2) is 0 Å². The molecule has 0 heterocycles. The first kappa shape index (κ1) is 21.4. The van der Waals surface area contributed by atoms with Crippen LogP contribution >= 0.6 is 0 Å². The van der Waals surface area contributed by atoms with Gasteiger partial charge in [-0.1, -0.05) is 29.8 Å². The Morgan fingerprint density at radius 3 is 2.26 bits per heavy atom. The Bertz CT molecular complexity index is 1110. The van der Waals surface area contributed by atoms with E-state index in [1.165, 1.54) is 30.5 Å². The second-order valence-corrected chi connectivity index (χ2v) is 6.72.